The van der Waals surface area contributed by atoms with Crippen molar-refractivity contribution in [1.29, 1.82) is 0 Å². The van der Waals surface area contributed by atoms with Gasteiger partial charge in [-0.3, -0.25) is 9.20 Å². The molecule has 0 aliphatic rings. The Balaban J connectivity index is 1.60. The highest BCUT2D eigenvalue weighted by atomic mass is 79.9. The molecule has 1 atom stereocenters. The van der Waals surface area contributed by atoms with Crippen molar-refractivity contribution in [2.24, 2.45) is 7.05 Å². The van der Waals surface area contributed by atoms with E-state index in [1.54, 1.807) is 11.3 Å². The second-order valence-electron chi connectivity index (χ2n) is 5.87. The zero-order valence-corrected chi connectivity index (χ0v) is 16.6. The number of thiazole rings is 1. The summed E-state index contributed by atoms with van der Waals surface area (Å²) in [5.74, 6) is -0.116. The monoisotopic (exact) mass is 436 g/mol. The van der Waals surface area contributed by atoms with Gasteiger partial charge in [-0.15, -0.1) is 0 Å². The molecule has 1 unspecified atom stereocenters. The van der Waals surface area contributed by atoms with Crippen LogP contribution >= 0.6 is 38.9 Å². The van der Waals surface area contributed by atoms with Crippen LogP contribution in [0.4, 0.5) is 0 Å². The second-order valence-corrected chi connectivity index (χ2v) is 8.16. The van der Waals surface area contributed by atoms with Gasteiger partial charge in [-0.05, 0) is 41.1 Å². The average molecular weight is 438 g/mol. The minimum atomic E-state index is -0.116. The van der Waals surface area contributed by atoms with Crippen molar-refractivity contribution in [3.63, 3.8) is 0 Å². The smallest absolute Gasteiger partial charge is 0.268 e. The van der Waals surface area contributed by atoms with Gasteiger partial charge in [0.2, 0.25) is 0 Å². The van der Waals surface area contributed by atoms with Crippen LogP contribution < -0.4 is 5.32 Å². The highest BCUT2D eigenvalue weighted by Crippen LogP contribution is 2.26. The van der Waals surface area contributed by atoms with Gasteiger partial charge in [0.15, 0.2) is 4.96 Å². The summed E-state index contributed by atoms with van der Waals surface area (Å²) in [6, 6.07) is 7.38. The average Bonchev–Trinajstić information content (AvgIpc) is 3.19. The summed E-state index contributed by atoms with van der Waals surface area (Å²) < 4.78 is 4.61. The Morgan fingerprint density at radius 2 is 2.16 bits per heavy atom. The molecule has 0 bridgehead atoms. The molecule has 4 rings (SSSR count). The Bertz CT molecular complexity index is 1080. The summed E-state index contributed by atoms with van der Waals surface area (Å²) >= 11 is 11.0. The first-order valence-corrected chi connectivity index (χ1v) is 9.61. The Morgan fingerprint density at radius 1 is 1.36 bits per heavy atom. The zero-order chi connectivity index (χ0) is 17.7. The third kappa shape index (κ3) is 2.96. The van der Waals surface area contributed by atoms with E-state index >= 15 is 0 Å². The minimum Gasteiger partial charge on any atom is -0.343 e. The SMILES string of the molecule is CC(NC(=O)c1cc2ccc(Cl)cc2n1C)c1cn2cc(Br)nc2s1. The predicted octanol–water partition coefficient (Wildman–Crippen LogP) is 4.79. The quantitative estimate of drug-likeness (QED) is 0.501. The molecular weight excluding hydrogens is 424 g/mol. The number of imidazole rings is 1. The van der Waals surface area contributed by atoms with Gasteiger partial charge in [0.05, 0.1) is 6.04 Å². The number of halogens is 2. The first-order valence-electron chi connectivity index (χ1n) is 7.62. The van der Waals surface area contributed by atoms with Gasteiger partial charge in [-0.1, -0.05) is 29.0 Å². The molecule has 0 aliphatic carbocycles. The number of nitrogens with zero attached hydrogens (tertiary/aromatic N) is 3. The van der Waals surface area contributed by atoms with E-state index in [2.05, 4.69) is 26.2 Å². The minimum absolute atomic E-state index is 0.112. The molecule has 0 radical (unpaired) electrons. The van der Waals surface area contributed by atoms with Crippen LogP contribution in [0.1, 0.15) is 28.3 Å². The van der Waals surface area contributed by atoms with Gasteiger partial charge in [0.1, 0.15) is 10.3 Å². The maximum atomic E-state index is 12.7. The van der Waals surface area contributed by atoms with E-state index in [0.717, 1.165) is 25.3 Å². The number of amides is 1. The van der Waals surface area contributed by atoms with Gasteiger partial charge in [0, 0.05) is 40.2 Å². The zero-order valence-electron chi connectivity index (χ0n) is 13.5. The number of hydrogen-bond acceptors (Lipinski definition) is 3. The molecular formula is C17H14BrClN4OS. The van der Waals surface area contributed by atoms with Crippen molar-refractivity contribution in [1.82, 2.24) is 19.3 Å². The molecule has 0 fully saturated rings. The summed E-state index contributed by atoms with van der Waals surface area (Å²) in [5, 5.41) is 4.70. The highest BCUT2D eigenvalue weighted by Gasteiger charge is 2.18. The molecule has 5 nitrogen and oxygen atoms in total. The van der Waals surface area contributed by atoms with E-state index < -0.39 is 0 Å². The van der Waals surface area contributed by atoms with Crippen LogP contribution in [0.5, 0.6) is 0 Å². The standard InChI is InChI=1S/C17H14BrClN4OS/c1-9(14-7-23-8-15(18)21-17(23)25-14)20-16(24)13-5-10-3-4-11(19)6-12(10)22(13)2/h3-9H,1-2H3,(H,20,24). The number of hydrogen-bond donors (Lipinski definition) is 1. The molecule has 0 spiro atoms. The number of fused-ring (bicyclic) bond motifs is 2. The number of benzene rings is 1. The molecule has 3 heterocycles. The molecule has 4 aromatic rings. The van der Waals surface area contributed by atoms with E-state index in [1.165, 1.54) is 0 Å². The first-order chi connectivity index (χ1) is 11.9. The van der Waals surface area contributed by atoms with Crippen LogP contribution in [0.2, 0.25) is 5.02 Å². The van der Waals surface area contributed by atoms with E-state index in [0.29, 0.717) is 10.7 Å². The van der Waals surface area contributed by atoms with E-state index in [4.69, 9.17) is 11.6 Å². The second kappa shape index (κ2) is 6.16. The number of aryl methyl sites for hydroxylation is 1. The molecule has 1 N–H and O–H groups in total. The molecule has 8 heteroatoms. The van der Waals surface area contributed by atoms with Gasteiger partial charge < -0.3 is 9.88 Å². The van der Waals surface area contributed by atoms with Crippen molar-refractivity contribution in [3.05, 3.63) is 56.9 Å². The maximum Gasteiger partial charge on any atom is 0.268 e. The molecule has 1 amide bonds. The van der Waals surface area contributed by atoms with Crippen LogP contribution in [0.15, 0.2) is 41.3 Å². The van der Waals surface area contributed by atoms with Gasteiger partial charge in [-0.2, -0.15) is 0 Å². The molecule has 1 aromatic carbocycles. The summed E-state index contributed by atoms with van der Waals surface area (Å²) in [6.07, 6.45) is 3.89. The van der Waals surface area contributed by atoms with Gasteiger partial charge >= 0.3 is 0 Å². The number of rotatable bonds is 3. The van der Waals surface area contributed by atoms with Gasteiger partial charge in [0.25, 0.3) is 5.91 Å². The van der Waals surface area contributed by atoms with E-state index in [1.807, 2.05) is 59.6 Å². The fourth-order valence-electron chi connectivity index (χ4n) is 2.85. The summed E-state index contributed by atoms with van der Waals surface area (Å²) in [5.41, 5.74) is 1.54. The third-order valence-corrected chi connectivity index (χ3v) is 5.96. The molecule has 25 heavy (non-hydrogen) atoms. The summed E-state index contributed by atoms with van der Waals surface area (Å²) in [7, 11) is 1.87. The lowest BCUT2D eigenvalue weighted by atomic mass is 10.2. The largest absolute Gasteiger partial charge is 0.343 e. The van der Waals surface area contributed by atoms with Crippen LogP contribution in [-0.2, 0) is 7.05 Å². The Labute approximate surface area is 161 Å². The molecule has 3 aromatic heterocycles. The first kappa shape index (κ1) is 16.6. The number of carbonyl (C=O) groups is 1. The van der Waals surface area contributed by atoms with Gasteiger partial charge in [-0.25, -0.2) is 4.98 Å². The lowest BCUT2D eigenvalue weighted by molar-refractivity contribution is 0.0932. The topological polar surface area (TPSA) is 51.3 Å². The maximum absolute atomic E-state index is 12.7. The van der Waals surface area contributed by atoms with Crippen molar-refractivity contribution in [2.45, 2.75) is 13.0 Å². The van der Waals surface area contributed by atoms with Crippen molar-refractivity contribution in [2.75, 3.05) is 0 Å². The molecule has 128 valence electrons. The number of nitrogens with one attached hydrogen (secondary N) is 1. The lowest BCUT2D eigenvalue weighted by Crippen LogP contribution is -2.27. The lowest BCUT2D eigenvalue weighted by Gasteiger charge is -2.12. The number of aromatic nitrogens is 3. The number of carbonyl (C=O) groups excluding carboxylic acids is 1. The Morgan fingerprint density at radius 3 is 2.92 bits per heavy atom. The third-order valence-electron chi connectivity index (χ3n) is 4.16. The van der Waals surface area contributed by atoms with Crippen LogP contribution in [0, 0.1) is 0 Å². The fraction of sp³-hybridized carbons (Fsp3) is 0.176. The van der Waals surface area contributed by atoms with Crippen LogP contribution in [0.25, 0.3) is 15.9 Å². The summed E-state index contributed by atoms with van der Waals surface area (Å²) in [4.78, 5) is 19.0. The van der Waals surface area contributed by atoms with Crippen molar-refractivity contribution < 1.29 is 4.79 Å². The molecule has 0 saturated carbocycles. The molecule has 0 saturated heterocycles. The van der Waals surface area contributed by atoms with Crippen LogP contribution in [0.3, 0.4) is 0 Å². The normalized spacial score (nSPS) is 12.8. The summed E-state index contributed by atoms with van der Waals surface area (Å²) in [6.45, 7) is 1.97. The Kier molecular flexibility index (Phi) is 4.10. The van der Waals surface area contributed by atoms with Crippen LogP contribution in [-0.4, -0.2) is 19.9 Å². The fourth-order valence-corrected chi connectivity index (χ4v) is 4.49. The van der Waals surface area contributed by atoms with E-state index in [-0.39, 0.29) is 11.9 Å². The van der Waals surface area contributed by atoms with E-state index in [9.17, 15) is 4.79 Å². The van der Waals surface area contributed by atoms with Crippen molar-refractivity contribution >= 4 is 60.6 Å². The highest BCUT2D eigenvalue weighted by molar-refractivity contribution is 9.10. The molecule has 0 aliphatic heterocycles. The predicted molar refractivity (Wildman–Crippen MR) is 105 cm³/mol. The Hall–Kier alpha value is -1.83. The van der Waals surface area contributed by atoms with Crippen molar-refractivity contribution in [3.8, 4) is 0 Å².